The average Bonchev–Trinajstić information content (AvgIpc) is 2.60. The van der Waals surface area contributed by atoms with Gasteiger partial charge in [-0.2, -0.15) is 5.10 Å². The van der Waals surface area contributed by atoms with Crippen LogP contribution in [-0.4, -0.2) is 36.2 Å². The van der Waals surface area contributed by atoms with E-state index in [0.717, 1.165) is 5.69 Å². The smallest absolute Gasteiger partial charge is 0.239 e. The van der Waals surface area contributed by atoms with Gasteiger partial charge in [-0.05, 0) is 6.92 Å². The molecule has 4 N–H and O–H groups in total. The molecule has 1 rings (SSSR count). The zero-order valence-corrected chi connectivity index (χ0v) is 8.37. The lowest BCUT2D eigenvalue weighted by Gasteiger charge is -2.20. The van der Waals surface area contributed by atoms with Gasteiger partial charge >= 0.3 is 0 Å². The second kappa shape index (κ2) is 4.50. The van der Waals surface area contributed by atoms with Crippen LogP contribution in [0.4, 0.5) is 11.5 Å². The van der Waals surface area contributed by atoms with Crippen LogP contribution in [-0.2, 0) is 4.79 Å². The number of hydrogen-bond acceptors (Lipinski definition) is 4. The second-order valence-electron chi connectivity index (χ2n) is 2.86. The molecular formula is C8H15N5O. The fourth-order valence-corrected chi connectivity index (χ4v) is 1.16. The number of nitrogen functional groups attached to an aromatic ring is 1. The summed E-state index contributed by atoms with van der Waals surface area (Å²) in [5.74, 6) is 0.434. The van der Waals surface area contributed by atoms with Crippen molar-refractivity contribution in [3.63, 3.8) is 0 Å². The summed E-state index contributed by atoms with van der Waals surface area (Å²) < 4.78 is 0. The number of aromatic amines is 1. The topological polar surface area (TPSA) is 87.0 Å². The lowest BCUT2D eigenvalue weighted by molar-refractivity contribution is -0.119. The number of carbonyl (C=O) groups is 1. The van der Waals surface area contributed by atoms with Crippen LogP contribution in [0.15, 0.2) is 6.20 Å². The van der Waals surface area contributed by atoms with Crippen molar-refractivity contribution < 1.29 is 4.79 Å². The molecule has 0 saturated heterocycles. The first-order chi connectivity index (χ1) is 6.69. The molecule has 0 aliphatic heterocycles. The van der Waals surface area contributed by atoms with Gasteiger partial charge in [-0.25, -0.2) is 0 Å². The molecule has 0 aromatic carbocycles. The Bertz CT molecular complexity index is 308. The highest BCUT2D eigenvalue weighted by atomic mass is 16.1. The second-order valence-corrected chi connectivity index (χ2v) is 2.86. The molecule has 0 bridgehead atoms. The van der Waals surface area contributed by atoms with E-state index >= 15 is 0 Å². The number of carbonyl (C=O) groups excluding carboxylic acids is 1. The Kier molecular flexibility index (Phi) is 3.33. The van der Waals surface area contributed by atoms with Crippen LogP contribution < -0.4 is 16.0 Å². The van der Waals surface area contributed by atoms with E-state index in [9.17, 15) is 4.79 Å². The van der Waals surface area contributed by atoms with Crippen molar-refractivity contribution in [3.8, 4) is 0 Å². The van der Waals surface area contributed by atoms with Gasteiger partial charge in [0.2, 0.25) is 5.91 Å². The summed E-state index contributed by atoms with van der Waals surface area (Å²) in [6, 6.07) is 0. The first kappa shape index (κ1) is 10.4. The first-order valence-electron chi connectivity index (χ1n) is 4.43. The predicted octanol–water partition coefficient (Wildman–Crippen LogP) is -0.436. The maximum atomic E-state index is 11.2. The lowest BCUT2D eigenvalue weighted by Crippen LogP contribution is -2.35. The summed E-state index contributed by atoms with van der Waals surface area (Å²) in [6.07, 6.45) is 1.61. The molecule has 1 amide bonds. The van der Waals surface area contributed by atoms with Crippen LogP contribution in [0.1, 0.15) is 6.92 Å². The van der Waals surface area contributed by atoms with Crippen molar-refractivity contribution in [1.29, 1.82) is 0 Å². The molecule has 0 radical (unpaired) electrons. The highest BCUT2D eigenvalue weighted by Crippen LogP contribution is 2.18. The van der Waals surface area contributed by atoms with Crippen LogP contribution in [0, 0.1) is 0 Å². The van der Waals surface area contributed by atoms with Crippen molar-refractivity contribution in [3.05, 3.63) is 6.20 Å². The molecule has 0 aliphatic rings. The SMILES string of the molecule is CCN(CC(=O)NC)c1cn[nH]c1N. The molecule has 1 heterocycles. The molecular weight excluding hydrogens is 182 g/mol. The number of anilines is 2. The number of H-pyrrole nitrogens is 1. The maximum Gasteiger partial charge on any atom is 0.239 e. The number of likely N-dealkylation sites (N-methyl/N-ethyl adjacent to an activating group) is 2. The van der Waals surface area contributed by atoms with Crippen molar-refractivity contribution in [2.75, 3.05) is 30.8 Å². The Morgan fingerprint density at radius 2 is 2.50 bits per heavy atom. The zero-order chi connectivity index (χ0) is 10.6. The Hall–Kier alpha value is -1.72. The molecule has 14 heavy (non-hydrogen) atoms. The molecule has 78 valence electrons. The molecule has 6 heteroatoms. The molecule has 0 spiro atoms. The summed E-state index contributed by atoms with van der Waals surface area (Å²) in [7, 11) is 1.61. The highest BCUT2D eigenvalue weighted by molar-refractivity contribution is 5.82. The standard InChI is InChI=1S/C8H15N5O/c1-3-13(5-7(14)10-2)6-4-11-12-8(6)9/h4H,3,5H2,1-2H3,(H,10,14)(H3,9,11,12). The van der Waals surface area contributed by atoms with E-state index in [1.807, 2.05) is 11.8 Å². The van der Waals surface area contributed by atoms with Crippen LogP contribution in [0.25, 0.3) is 0 Å². The molecule has 0 aliphatic carbocycles. The third-order valence-electron chi connectivity index (χ3n) is 1.98. The number of aromatic nitrogens is 2. The Balaban J connectivity index is 2.72. The average molecular weight is 197 g/mol. The minimum absolute atomic E-state index is 0.0487. The summed E-state index contributed by atoms with van der Waals surface area (Å²) >= 11 is 0. The largest absolute Gasteiger partial charge is 0.382 e. The van der Waals surface area contributed by atoms with Gasteiger partial charge < -0.3 is 16.0 Å². The Morgan fingerprint density at radius 3 is 2.93 bits per heavy atom. The number of amides is 1. The van der Waals surface area contributed by atoms with E-state index in [1.165, 1.54) is 0 Å². The van der Waals surface area contributed by atoms with Gasteiger partial charge in [0.25, 0.3) is 0 Å². The van der Waals surface area contributed by atoms with E-state index < -0.39 is 0 Å². The third kappa shape index (κ3) is 2.15. The van der Waals surface area contributed by atoms with Gasteiger partial charge in [0.05, 0.1) is 18.4 Å². The van der Waals surface area contributed by atoms with E-state index in [1.54, 1.807) is 13.2 Å². The van der Waals surface area contributed by atoms with Crippen molar-refractivity contribution >= 4 is 17.4 Å². The number of nitrogens with zero attached hydrogens (tertiary/aromatic N) is 2. The van der Waals surface area contributed by atoms with E-state index in [4.69, 9.17) is 5.73 Å². The minimum atomic E-state index is -0.0487. The van der Waals surface area contributed by atoms with Crippen LogP contribution >= 0.6 is 0 Å². The van der Waals surface area contributed by atoms with Crippen LogP contribution in [0.3, 0.4) is 0 Å². The molecule has 0 atom stereocenters. The maximum absolute atomic E-state index is 11.2. The molecule has 0 saturated carbocycles. The third-order valence-corrected chi connectivity index (χ3v) is 1.98. The van der Waals surface area contributed by atoms with Gasteiger partial charge in [0, 0.05) is 13.6 Å². The molecule has 6 nitrogen and oxygen atoms in total. The van der Waals surface area contributed by atoms with E-state index in [2.05, 4.69) is 15.5 Å². The molecule has 1 aromatic rings. The van der Waals surface area contributed by atoms with Gasteiger partial charge in [-0.15, -0.1) is 0 Å². The molecule has 1 aromatic heterocycles. The molecule has 0 fully saturated rings. The van der Waals surface area contributed by atoms with E-state index in [-0.39, 0.29) is 12.5 Å². The number of hydrogen-bond donors (Lipinski definition) is 3. The summed E-state index contributed by atoms with van der Waals surface area (Å²) in [4.78, 5) is 13.0. The van der Waals surface area contributed by atoms with Crippen molar-refractivity contribution in [2.45, 2.75) is 6.92 Å². The number of nitrogens with two attached hydrogens (primary N) is 1. The van der Waals surface area contributed by atoms with Crippen LogP contribution in [0.2, 0.25) is 0 Å². The number of rotatable bonds is 4. The fraction of sp³-hybridized carbons (Fsp3) is 0.500. The highest BCUT2D eigenvalue weighted by Gasteiger charge is 2.12. The normalized spacial score (nSPS) is 9.86. The predicted molar refractivity (Wildman–Crippen MR) is 55.0 cm³/mol. The lowest BCUT2D eigenvalue weighted by atomic mass is 10.4. The van der Waals surface area contributed by atoms with Gasteiger partial charge in [-0.1, -0.05) is 0 Å². The Morgan fingerprint density at radius 1 is 1.79 bits per heavy atom. The first-order valence-corrected chi connectivity index (χ1v) is 4.43. The van der Waals surface area contributed by atoms with Gasteiger partial charge in [-0.3, -0.25) is 9.89 Å². The summed E-state index contributed by atoms with van der Waals surface area (Å²) in [5.41, 5.74) is 6.40. The van der Waals surface area contributed by atoms with Crippen molar-refractivity contribution in [1.82, 2.24) is 15.5 Å². The van der Waals surface area contributed by atoms with Crippen LogP contribution in [0.5, 0.6) is 0 Å². The monoisotopic (exact) mass is 197 g/mol. The zero-order valence-electron chi connectivity index (χ0n) is 8.37. The summed E-state index contributed by atoms with van der Waals surface area (Å²) in [5, 5.41) is 8.99. The minimum Gasteiger partial charge on any atom is -0.382 e. The van der Waals surface area contributed by atoms with Gasteiger partial charge in [0.15, 0.2) is 0 Å². The quantitative estimate of drug-likeness (QED) is 0.611. The Labute approximate surface area is 82.5 Å². The molecule has 0 unspecified atom stereocenters. The fourth-order valence-electron chi connectivity index (χ4n) is 1.16. The van der Waals surface area contributed by atoms with E-state index in [0.29, 0.717) is 12.4 Å². The van der Waals surface area contributed by atoms with Gasteiger partial charge in [0.1, 0.15) is 5.82 Å². The van der Waals surface area contributed by atoms with Crippen molar-refractivity contribution in [2.24, 2.45) is 0 Å². The summed E-state index contributed by atoms with van der Waals surface area (Å²) in [6.45, 7) is 2.95. The number of nitrogens with one attached hydrogen (secondary N) is 2.